The van der Waals surface area contributed by atoms with Crippen molar-refractivity contribution in [2.24, 2.45) is 0 Å². The first kappa shape index (κ1) is 13.1. The van der Waals surface area contributed by atoms with Gasteiger partial charge in [-0.2, -0.15) is 0 Å². The topological polar surface area (TPSA) is 59.7 Å². The molecule has 0 atom stereocenters. The molecule has 0 aromatic carbocycles. The Morgan fingerprint density at radius 1 is 1.45 bits per heavy atom. The molecular weight excluding hydrogens is 256 g/mol. The molecule has 0 unspecified atom stereocenters. The summed E-state index contributed by atoms with van der Waals surface area (Å²) in [6.45, 7) is 7.58. The number of hydrogen-bond donors (Lipinski definition) is 0. The highest BCUT2D eigenvalue weighted by Gasteiger charge is 2.32. The van der Waals surface area contributed by atoms with Crippen LogP contribution in [0.1, 0.15) is 30.0 Å². The number of amides is 1. The Labute approximate surface area is 117 Å². The number of rotatable bonds is 1. The summed E-state index contributed by atoms with van der Waals surface area (Å²) in [6.07, 6.45) is 3.50. The predicted molar refractivity (Wildman–Crippen MR) is 73.7 cm³/mol. The van der Waals surface area contributed by atoms with E-state index in [1.54, 1.807) is 16.7 Å². The number of morpholine rings is 1. The van der Waals surface area contributed by atoms with Gasteiger partial charge < -0.3 is 9.64 Å². The molecule has 0 bridgehead atoms. The normalized spacial score (nSPS) is 18.4. The summed E-state index contributed by atoms with van der Waals surface area (Å²) in [5.74, 6) is 0.542. The van der Waals surface area contributed by atoms with Crippen molar-refractivity contribution in [2.45, 2.75) is 26.4 Å². The van der Waals surface area contributed by atoms with Crippen molar-refractivity contribution in [3.8, 4) is 0 Å². The predicted octanol–water partition coefficient (Wildman–Crippen LogP) is 1.29. The number of carbonyl (C=O) groups excluding carboxylic acids is 1. The van der Waals surface area contributed by atoms with Crippen molar-refractivity contribution < 1.29 is 9.53 Å². The standard InChI is InChI=1S/C14H18N4O2/c1-10-11(18-6-4-5-15-13(18)16-10)12(19)17-7-8-20-14(2,3)9-17/h4-6H,7-9H2,1-3H3. The maximum absolute atomic E-state index is 12.8. The molecule has 0 N–H and O–H groups in total. The van der Waals surface area contributed by atoms with Crippen molar-refractivity contribution in [1.29, 1.82) is 0 Å². The van der Waals surface area contributed by atoms with Gasteiger partial charge in [-0.1, -0.05) is 0 Å². The van der Waals surface area contributed by atoms with Crippen LogP contribution in [-0.4, -0.2) is 50.5 Å². The number of fused-ring (bicyclic) bond motifs is 1. The molecule has 1 aliphatic rings. The van der Waals surface area contributed by atoms with Crippen LogP contribution in [-0.2, 0) is 4.74 Å². The van der Waals surface area contributed by atoms with Crippen molar-refractivity contribution in [1.82, 2.24) is 19.3 Å². The van der Waals surface area contributed by atoms with Gasteiger partial charge in [-0.15, -0.1) is 0 Å². The summed E-state index contributed by atoms with van der Waals surface area (Å²) in [7, 11) is 0. The zero-order valence-corrected chi connectivity index (χ0v) is 12.0. The van der Waals surface area contributed by atoms with E-state index < -0.39 is 0 Å². The molecule has 20 heavy (non-hydrogen) atoms. The Morgan fingerprint density at radius 3 is 3.00 bits per heavy atom. The minimum atomic E-state index is -0.305. The van der Waals surface area contributed by atoms with E-state index in [0.717, 1.165) is 0 Å². The van der Waals surface area contributed by atoms with Gasteiger partial charge in [0.1, 0.15) is 5.69 Å². The molecule has 0 aliphatic carbocycles. The maximum Gasteiger partial charge on any atom is 0.273 e. The van der Waals surface area contributed by atoms with Crippen molar-refractivity contribution >= 4 is 11.7 Å². The Bertz CT molecular complexity index is 662. The van der Waals surface area contributed by atoms with Gasteiger partial charge in [-0.05, 0) is 26.8 Å². The molecule has 0 spiro atoms. The molecule has 0 radical (unpaired) electrons. The van der Waals surface area contributed by atoms with Crippen LogP contribution in [0.3, 0.4) is 0 Å². The molecule has 2 aromatic heterocycles. The fraction of sp³-hybridized carbons (Fsp3) is 0.500. The van der Waals surface area contributed by atoms with Crippen molar-refractivity contribution in [3.63, 3.8) is 0 Å². The summed E-state index contributed by atoms with van der Waals surface area (Å²) >= 11 is 0. The van der Waals surface area contributed by atoms with Crippen LogP contribution in [0.15, 0.2) is 18.5 Å². The van der Waals surface area contributed by atoms with Crippen LogP contribution in [0.5, 0.6) is 0 Å². The lowest BCUT2D eigenvalue weighted by atomic mass is 10.1. The summed E-state index contributed by atoms with van der Waals surface area (Å²) in [4.78, 5) is 23.1. The number of aryl methyl sites for hydroxylation is 1. The number of aromatic nitrogens is 3. The molecule has 0 saturated carbocycles. The Morgan fingerprint density at radius 2 is 2.25 bits per heavy atom. The first-order chi connectivity index (χ1) is 9.48. The summed E-state index contributed by atoms with van der Waals surface area (Å²) in [6, 6.07) is 1.80. The Hall–Kier alpha value is -1.95. The number of nitrogens with zero attached hydrogens (tertiary/aromatic N) is 4. The van der Waals surface area contributed by atoms with Crippen LogP contribution >= 0.6 is 0 Å². The van der Waals surface area contributed by atoms with Gasteiger partial charge in [0.15, 0.2) is 0 Å². The van der Waals surface area contributed by atoms with Crippen LogP contribution < -0.4 is 0 Å². The number of imidazole rings is 1. The largest absolute Gasteiger partial charge is 0.372 e. The van der Waals surface area contributed by atoms with Crippen LogP contribution in [0, 0.1) is 6.92 Å². The zero-order chi connectivity index (χ0) is 14.3. The van der Waals surface area contributed by atoms with E-state index >= 15 is 0 Å². The fourth-order valence-electron chi connectivity index (χ4n) is 2.60. The van der Waals surface area contributed by atoms with E-state index in [-0.39, 0.29) is 11.5 Å². The summed E-state index contributed by atoms with van der Waals surface area (Å²) in [5, 5.41) is 0. The van der Waals surface area contributed by atoms with Gasteiger partial charge in [-0.3, -0.25) is 9.20 Å². The highest BCUT2D eigenvalue weighted by molar-refractivity contribution is 5.94. The molecule has 1 aliphatic heterocycles. The average Bonchev–Trinajstić information content (AvgIpc) is 2.72. The lowest BCUT2D eigenvalue weighted by Gasteiger charge is -2.38. The van der Waals surface area contributed by atoms with Gasteiger partial charge in [-0.25, -0.2) is 9.97 Å². The smallest absolute Gasteiger partial charge is 0.273 e. The lowest BCUT2D eigenvalue weighted by Crippen LogP contribution is -2.50. The van der Waals surface area contributed by atoms with Gasteiger partial charge in [0.2, 0.25) is 5.78 Å². The number of hydrogen-bond acceptors (Lipinski definition) is 4. The molecular formula is C14H18N4O2. The SMILES string of the molecule is Cc1nc2ncccn2c1C(=O)N1CCOC(C)(C)C1. The van der Waals surface area contributed by atoms with Gasteiger partial charge in [0, 0.05) is 25.5 Å². The maximum atomic E-state index is 12.8. The molecule has 1 fully saturated rings. The molecule has 1 amide bonds. The lowest BCUT2D eigenvalue weighted by molar-refractivity contribution is -0.0765. The molecule has 106 valence electrons. The van der Waals surface area contributed by atoms with Crippen molar-refractivity contribution in [2.75, 3.05) is 19.7 Å². The Balaban J connectivity index is 1.98. The minimum Gasteiger partial charge on any atom is -0.372 e. The molecule has 2 aromatic rings. The van der Waals surface area contributed by atoms with E-state index in [1.165, 1.54) is 0 Å². The molecule has 6 heteroatoms. The summed E-state index contributed by atoms with van der Waals surface area (Å²) in [5.41, 5.74) is 0.990. The average molecular weight is 274 g/mol. The summed E-state index contributed by atoms with van der Waals surface area (Å²) < 4.78 is 7.40. The third-order valence-electron chi connectivity index (χ3n) is 3.49. The minimum absolute atomic E-state index is 0.0145. The first-order valence-electron chi connectivity index (χ1n) is 6.71. The van der Waals surface area contributed by atoms with Crippen LogP contribution in [0.2, 0.25) is 0 Å². The van der Waals surface area contributed by atoms with E-state index in [9.17, 15) is 4.79 Å². The second kappa shape index (κ2) is 4.56. The van der Waals surface area contributed by atoms with Gasteiger partial charge >= 0.3 is 0 Å². The third-order valence-corrected chi connectivity index (χ3v) is 3.49. The van der Waals surface area contributed by atoms with E-state index in [1.807, 2.05) is 31.9 Å². The second-order valence-electron chi connectivity index (χ2n) is 5.67. The van der Waals surface area contributed by atoms with Gasteiger partial charge in [0.05, 0.1) is 17.9 Å². The van der Waals surface area contributed by atoms with Crippen molar-refractivity contribution in [3.05, 3.63) is 29.8 Å². The monoisotopic (exact) mass is 274 g/mol. The van der Waals surface area contributed by atoms with E-state index in [2.05, 4.69) is 9.97 Å². The fourth-order valence-corrected chi connectivity index (χ4v) is 2.60. The number of ether oxygens (including phenoxy) is 1. The quantitative estimate of drug-likeness (QED) is 0.786. The van der Waals surface area contributed by atoms with E-state index in [0.29, 0.717) is 36.9 Å². The highest BCUT2D eigenvalue weighted by Crippen LogP contribution is 2.20. The first-order valence-corrected chi connectivity index (χ1v) is 6.71. The van der Waals surface area contributed by atoms with Crippen LogP contribution in [0.4, 0.5) is 0 Å². The second-order valence-corrected chi connectivity index (χ2v) is 5.67. The molecule has 1 saturated heterocycles. The van der Waals surface area contributed by atoms with Crippen LogP contribution in [0.25, 0.3) is 5.78 Å². The third kappa shape index (κ3) is 2.16. The zero-order valence-electron chi connectivity index (χ0n) is 12.0. The highest BCUT2D eigenvalue weighted by atomic mass is 16.5. The molecule has 6 nitrogen and oxygen atoms in total. The van der Waals surface area contributed by atoms with E-state index in [4.69, 9.17) is 4.74 Å². The Kier molecular flexibility index (Phi) is 2.97. The molecule has 3 rings (SSSR count). The molecule has 3 heterocycles. The van der Waals surface area contributed by atoms with Gasteiger partial charge in [0.25, 0.3) is 5.91 Å². The number of carbonyl (C=O) groups is 1.